The number of anilines is 1. The lowest BCUT2D eigenvalue weighted by atomic mass is 9.98. The molecule has 0 aromatic heterocycles. The number of aryl methyl sites for hydroxylation is 1. The summed E-state index contributed by atoms with van der Waals surface area (Å²) < 4.78 is 38.3. The predicted octanol–water partition coefficient (Wildman–Crippen LogP) is 2.94. The quantitative estimate of drug-likeness (QED) is 0.704. The van der Waals surface area contributed by atoms with Gasteiger partial charge in [0, 0.05) is 11.3 Å². The van der Waals surface area contributed by atoms with Gasteiger partial charge in [-0.2, -0.15) is 13.2 Å². The van der Waals surface area contributed by atoms with Crippen LogP contribution >= 0.6 is 11.6 Å². The summed E-state index contributed by atoms with van der Waals surface area (Å²) in [6, 6.07) is 4.17. The molecule has 1 amide bonds. The van der Waals surface area contributed by atoms with E-state index in [1.165, 1.54) is 18.2 Å². The summed E-state index contributed by atoms with van der Waals surface area (Å²) in [5, 5.41) is 2.14. The van der Waals surface area contributed by atoms with Crippen molar-refractivity contribution in [3.63, 3.8) is 0 Å². The van der Waals surface area contributed by atoms with Crippen LogP contribution in [0.5, 0.6) is 0 Å². The van der Waals surface area contributed by atoms with Gasteiger partial charge in [-0.05, 0) is 18.6 Å². The molecule has 0 fully saturated rings. The van der Waals surface area contributed by atoms with E-state index in [0.29, 0.717) is 0 Å². The maximum atomic E-state index is 12.8. The molecule has 1 aromatic rings. The van der Waals surface area contributed by atoms with Crippen LogP contribution in [0.4, 0.5) is 18.9 Å². The highest BCUT2D eigenvalue weighted by Gasteiger charge is 2.64. The van der Waals surface area contributed by atoms with Crippen molar-refractivity contribution in [1.29, 1.82) is 0 Å². The van der Waals surface area contributed by atoms with Crippen molar-refractivity contribution in [2.75, 3.05) is 5.32 Å². The number of nitrogens with one attached hydrogen (secondary N) is 1. The zero-order valence-corrected chi connectivity index (χ0v) is 8.91. The summed E-state index contributed by atoms with van der Waals surface area (Å²) in [5.74, 6) is -1.25. The first kappa shape index (κ1) is 11.3. The lowest BCUT2D eigenvalue weighted by Crippen LogP contribution is -2.43. The summed E-state index contributed by atoms with van der Waals surface area (Å²) >= 11 is 5.44. The smallest absolute Gasteiger partial charge is 0.324 e. The van der Waals surface area contributed by atoms with Crippen LogP contribution in [0.15, 0.2) is 18.2 Å². The van der Waals surface area contributed by atoms with Gasteiger partial charge in [-0.25, -0.2) is 0 Å². The van der Waals surface area contributed by atoms with E-state index in [1.807, 2.05) is 0 Å². The zero-order chi connectivity index (χ0) is 12.1. The molecule has 1 heterocycles. The molecule has 1 unspecified atom stereocenters. The van der Waals surface area contributed by atoms with Gasteiger partial charge in [-0.1, -0.05) is 23.7 Å². The number of carbonyl (C=O) groups is 1. The molecule has 1 aliphatic heterocycles. The first-order chi connectivity index (χ1) is 7.26. The minimum atomic E-state index is -4.82. The van der Waals surface area contributed by atoms with E-state index in [1.54, 1.807) is 6.92 Å². The van der Waals surface area contributed by atoms with Gasteiger partial charge in [0.05, 0.1) is 0 Å². The number of halogens is 4. The number of alkyl halides is 4. The summed E-state index contributed by atoms with van der Waals surface area (Å²) in [6.45, 7) is 1.72. The Labute approximate surface area is 94.4 Å². The lowest BCUT2D eigenvalue weighted by molar-refractivity contribution is -0.170. The molecule has 2 rings (SSSR count). The number of amides is 1. The maximum Gasteiger partial charge on any atom is 0.420 e. The standard InChI is InChI=1S/C10H7ClF3NO/c1-5-2-3-6-7(4-5)15-8(16)9(6,11)10(12,13)14/h2-4H,1H3,(H,15,16). The number of rotatable bonds is 0. The van der Waals surface area contributed by atoms with Crippen LogP contribution in [-0.4, -0.2) is 12.1 Å². The molecule has 0 bridgehead atoms. The fourth-order valence-corrected chi connectivity index (χ4v) is 1.89. The SMILES string of the molecule is Cc1ccc2c(c1)NC(=O)C2(Cl)C(F)(F)F. The van der Waals surface area contributed by atoms with Crippen LogP contribution in [-0.2, 0) is 9.67 Å². The second-order valence-corrected chi connectivity index (χ2v) is 4.23. The third-order valence-electron chi connectivity index (χ3n) is 2.50. The first-order valence-electron chi connectivity index (χ1n) is 4.45. The highest BCUT2D eigenvalue weighted by Crippen LogP contribution is 2.51. The van der Waals surface area contributed by atoms with E-state index in [9.17, 15) is 18.0 Å². The first-order valence-corrected chi connectivity index (χ1v) is 4.83. The van der Waals surface area contributed by atoms with Crippen LogP contribution in [0.3, 0.4) is 0 Å². The Balaban J connectivity index is 2.65. The summed E-state index contributed by atoms with van der Waals surface area (Å²) in [4.78, 5) is 8.39. The maximum absolute atomic E-state index is 12.8. The van der Waals surface area contributed by atoms with Gasteiger partial charge in [0.2, 0.25) is 4.87 Å². The summed E-state index contributed by atoms with van der Waals surface area (Å²) in [6.07, 6.45) is -4.82. The predicted molar refractivity (Wildman–Crippen MR) is 53.4 cm³/mol. The summed E-state index contributed by atoms with van der Waals surface area (Å²) in [7, 11) is 0. The van der Waals surface area contributed by atoms with Gasteiger partial charge in [0.25, 0.3) is 5.91 Å². The molecule has 1 aliphatic rings. The van der Waals surface area contributed by atoms with Gasteiger partial charge >= 0.3 is 6.18 Å². The second-order valence-electron chi connectivity index (χ2n) is 3.66. The van der Waals surface area contributed by atoms with Gasteiger partial charge in [0.1, 0.15) is 0 Å². The molecular weight excluding hydrogens is 243 g/mol. The minimum Gasteiger partial charge on any atom is -0.324 e. The van der Waals surface area contributed by atoms with Crippen LogP contribution in [0.25, 0.3) is 0 Å². The van der Waals surface area contributed by atoms with Crippen LogP contribution in [0, 0.1) is 6.92 Å². The molecule has 0 saturated heterocycles. The van der Waals surface area contributed by atoms with Crippen molar-refractivity contribution in [3.8, 4) is 0 Å². The molecule has 86 valence electrons. The third kappa shape index (κ3) is 1.31. The van der Waals surface area contributed by atoms with Crippen molar-refractivity contribution in [1.82, 2.24) is 0 Å². The Morgan fingerprint density at radius 2 is 2.00 bits per heavy atom. The van der Waals surface area contributed by atoms with E-state index >= 15 is 0 Å². The molecule has 1 aromatic carbocycles. The van der Waals surface area contributed by atoms with Gasteiger partial charge in [-0.3, -0.25) is 4.79 Å². The van der Waals surface area contributed by atoms with E-state index in [4.69, 9.17) is 11.6 Å². The molecule has 1 N–H and O–H groups in total. The fourth-order valence-electron chi connectivity index (χ4n) is 1.67. The average molecular weight is 250 g/mol. The fraction of sp³-hybridized carbons (Fsp3) is 0.300. The number of hydrogen-bond acceptors (Lipinski definition) is 1. The number of hydrogen-bond donors (Lipinski definition) is 1. The molecule has 1 atom stereocenters. The molecule has 16 heavy (non-hydrogen) atoms. The third-order valence-corrected chi connectivity index (χ3v) is 3.09. The van der Waals surface area contributed by atoms with Gasteiger partial charge in [-0.15, -0.1) is 0 Å². The van der Waals surface area contributed by atoms with E-state index < -0.39 is 17.0 Å². The number of fused-ring (bicyclic) bond motifs is 1. The van der Waals surface area contributed by atoms with Gasteiger partial charge < -0.3 is 5.32 Å². The average Bonchev–Trinajstić information content (AvgIpc) is 2.38. The Kier molecular flexibility index (Phi) is 2.21. The highest BCUT2D eigenvalue weighted by molar-refractivity contribution is 6.39. The Hall–Kier alpha value is -1.23. The van der Waals surface area contributed by atoms with Gasteiger partial charge in [0.15, 0.2) is 0 Å². The molecule has 0 spiro atoms. The normalized spacial score (nSPS) is 24.2. The van der Waals surface area contributed by atoms with E-state index in [0.717, 1.165) is 5.56 Å². The largest absolute Gasteiger partial charge is 0.420 e. The highest BCUT2D eigenvalue weighted by atomic mass is 35.5. The van der Waals surface area contributed by atoms with Crippen molar-refractivity contribution in [3.05, 3.63) is 29.3 Å². The Bertz CT molecular complexity index is 472. The van der Waals surface area contributed by atoms with Crippen LogP contribution < -0.4 is 5.32 Å². The van der Waals surface area contributed by atoms with E-state index in [-0.39, 0.29) is 11.3 Å². The van der Waals surface area contributed by atoms with Crippen LogP contribution in [0.2, 0.25) is 0 Å². The monoisotopic (exact) mass is 249 g/mol. The topological polar surface area (TPSA) is 29.1 Å². The van der Waals surface area contributed by atoms with Crippen molar-refractivity contribution in [2.24, 2.45) is 0 Å². The number of benzene rings is 1. The molecule has 0 saturated carbocycles. The Morgan fingerprint density at radius 1 is 1.38 bits per heavy atom. The van der Waals surface area contributed by atoms with Crippen LogP contribution in [0.1, 0.15) is 11.1 Å². The summed E-state index contributed by atoms with van der Waals surface area (Å²) in [5.41, 5.74) is 0.636. The van der Waals surface area contributed by atoms with E-state index in [2.05, 4.69) is 5.32 Å². The van der Waals surface area contributed by atoms with Crippen molar-refractivity contribution < 1.29 is 18.0 Å². The minimum absolute atomic E-state index is 0.123. The lowest BCUT2D eigenvalue weighted by Gasteiger charge is -2.22. The zero-order valence-electron chi connectivity index (χ0n) is 8.15. The molecule has 0 aliphatic carbocycles. The molecule has 0 radical (unpaired) electrons. The van der Waals surface area contributed by atoms with Crippen molar-refractivity contribution in [2.45, 2.75) is 18.0 Å². The Morgan fingerprint density at radius 3 is 2.56 bits per heavy atom. The second kappa shape index (κ2) is 3.13. The van der Waals surface area contributed by atoms with Crippen molar-refractivity contribution >= 4 is 23.2 Å². The number of carbonyl (C=O) groups excluding carboxylic acids is 1. The molecule has 6 heteroatoms. The molecular formula is C10H7ClF3NO. The molecule has 2 nitrogen and oxygen atoms in total.